The van der Waals surface area contributed by atoms with E-state index in [1.165, 1.54) is 0 Å². The summed E-state index contributed by atoms with van der Waals surface area (Å²) in [7, 11) is 0. The summed E-state index contributed by atoms with van der Waals surface area (Å²) in [4.78, 5) is 24.0. The maximum Gasteiger partial charge on any atom is 0.410 e. The second kappa shape index (κ2) is 12.0. The Morgan fingerprint density at radius 1 is 1.15 bits per heavy atom. The summed E-state index contributed by atoms with van der Waals surface area (Å²) in [5.41, 5.74) is 2.61. The molecule has 5 rings (SSSR count). The predicted octanol–water partition coefficient (Wildman–Crippen LogP) is 4.82. The minimum Gasteiger partial charge on any atom is -0.492 e. The molecule has 2 saturated heterocycles. The number of ether oxygens (including phenoxy) is 2. The number of carbonyl (C=O) groups excluding carboxylic acids is 1. The second-order valence-electron chi connectivity index (χ2n) is 12.1. The van der Waals surface area contributed by atoms with Crippen LogP contribution in [0.1, 0.15) is 53.0 Å². The van der Waals surface area contributed by atoms with E-state index in [9.17, 15) is 10.1 Å². The maximum atomic E-state index is 12.5. The van der Waals surface area contributed by atoms with Crippen LogP contribution in [0.2, 0.25) is 0 Å². The molecule has 1 unspecified atom stereocenters. The van der Waals surface area contributed by atoms with Gasteiger partial charge in [-0.15, -0.1) is 0 Å². The molecule has 0 saturated carbocycles. The van der Waals surface area contributed by atoms with Gasteiger partial charge in [-0.25, -0.2) is 14.3 Å². The highest BCUT2D eigenvalue weighted by Crippen LogP contribution is 2.32. The van der Waals surface area contributed by atoms with Gasteiger partial charge in [-0.05, 0) is 71.6 Å². The van der Waals surface area contributed by atoms with Gasteiger partial charge >= 0.3 is 6.09 Å². The normalized spacial score (nSPS) is 18.9. The van der Waals surface area contributed by atoms with Gasteiger partial charge in [-0.2, -0.15) is 10.4 Å². The molecule has 3 aromatic rings. The molecular formula is C31H41N7O3. The van der Waals surface area contributed by atoms with Crippen molar-refractivity contribution >= 4 is 17.4 Å². The molecular weight excluding hydrogens is 518 g/mol. The number of rotatable bonds is 6. The van der Waals surface area contributed by atoms with Crippen LogP contribution in [0.5, 0.6) is 5.75 Å². The summed E-state index contributed by atoms with van der Waals surface area (Å²) in [6, 6.07) is 8.65. The number of nitrogens with zero attached hydrogens (tertiary/aromatic N) is 7. The van der Waals surface area contributed by atoms with Crippen LogP contribution in [0.4, 0.5) is 10.6 Å². The van der Waals surface area contributed by atoms with Gasteiger partial charge in [0.2, 0.25) is 0 Å². The third kappa shape index (κ3) is 6.57. The van der Waals surface area contributed by atoms with Crippen molar-refractivity contribution in [1.29, 1.82) is 5.26 Å². The fourth-order valence-corrected chi connectivity index (χ4v) is 5.81. The first-order valence-corrected chi connectivity index (χ1v) is 14.6. The molecule has 218 valence electrons. The molecule has 2 fully saturated rings. The minimum absolute atomic E-state index is 0.210. The molecule has 41 heavy (non-hydrogen) atoms. The van der Waals surface area contributed by atoms with Gasteiger partial charge in [0.15, 0.2) is 0 Å². The molecule has 5 heterocycles. The van der Waals surface area contributed by atoms with Gasteiger partial charge in [0.25, 0.3) is 0 Å². The zero-order valence-corrected chi connectivity index (χ0v) is 24.8. The van der Waals surface area contributed by atoms with Crippen molar-refractivity contribution in [3.05, 3.63) is 42.4 Å². The average molecular weight is 560 g/mol. The van der Waals surface area contributed by atoms with Gasteiger partial charge in [0, 0.05) is 62.6 Å². The minimum atomic E-state index is -0.469. The van der Waals surface area contributed by atoms with Crippen LogP contribution in [0, 0.1) is 17.2 Å². The predicted molar refractivity (Wildman–Crippen MR) is 158 cm³/mol. The highest BCUT2D eigenvalue weighted by molar-refractivity contribution is 5.85. The number of amides is 1. The van der Waals surface area contributed by atoms with Crippen LogP contribution < -0.4 is 9.64 Å². The lowest BCUT2D eigenvalue weighted by molar-refractivity contribution is 0.00308. The molecule has 0 aliphatic carbocycles. The molecule has 0 radical (unpaired) electrons. The first kappa shape index (κ1) is 28.7. The van der Waals surface area contributed by atoms with Gasteiger partial charge in [0.1, 0.15) is 23.2 Å². The lowest BCUT2D eigenvalue weighted by Crippen LogP contribution is -2.55. The standard InChI is InChI=1S/C31H41N7O3/c1-6-40-26-15-27(29-25(16-32)18-34-38(29)21-26)24-7-8-28(33-17-24)35-11-9-23(10-12-35)20-36-13-14-37(19-22(36)2)30(39)41-31(3,4)5/h7-8,15,17-18,21-23H,6,9-14,19-20H2,1-5H3. The van der Waals surface area contributed by atoms with E-state index in [4.69, 9.17) is 14.5 Å². The van der Waals surface area contributed by atoms with Crippen LogP contribution in [0.15, 0.2) is 36.8 Å². The first-order valence-electron chi connectivity index (χ1n) is 14.6. The molecule has 3 aromatic heterocycles. The molecule has 10 nitrogen and oxygen atoms in total. The Kier molecular flexibility index (Phi) is 8.36. The van der Waals surface area contributed by atoms with Crippen LogP contribution in [-0.2, 0) is 4.74 Å². The number of hydrogen-bond donors (Lipinski definition) is 0. The van der Waals surface area contributed by atoms with Crippen molar-refractivity contribution in [3.63, 3.8) is 0 Å². The third-order valence-electron chi connectivity index (χ3n) is 7.93. The van der Waals surface area contributed by atoms with Gasteiger partial charge in [0.05, 0.1) is 30.1 Å². The van der Waals surface area contributed by atoms with E-state index in [0.29, 0.717) is 43.0 Å². The number of aromatic nitrogens is 3. The Labute approximate surface area is 242 Å². The third-order valence-corrected chi connectivity index (χ3v) is 7.93. The summed E-state index contributed by atoms with van der Waals surface area (Å²) in [5, 5.41) is 14.0. The highest BCUT2D eigenvalue weighted by Gasteiger charge is 2.31. The highest BCUT2D eigenvalue weighted by atomic mass is 16.6. The van der Waals surface area contributed by atoms with Crippen molar-refractivity contribution in [3.8, 4) is 22.9 Å². The van der Waals surface area contributed by atoms with E-state index in [1.807, 2.05) is 44.9 Å². The van der Waals surface area contributed by atoms with E-state index >= 15 is 0 Å². The van der Waals surface area contributed by atoms with E-state index in [1.54, 1.807) is 16.9 Å². The number of piperazine rings is 1. The quantitative estimate of drug-likeness (QED) is 0.424. The summed E-state index contributed by atoms with van der Waals surface area (Å²) >= 11 is 0. The monoisotopic (exact) mass is 559 g/mol. The lowest BCUT2D eigenvalue weighted by atomic mass is 9.95. The number of anilines is 1. The van der Waals surface area contributed by atoms with E-state index < -0.39 is 5.60 Å². The molecule has 1 amide bonds. The first-order chi connectivity index (χ1) is 19.6. The fourth-order valence-electron chi connectivity index (χ4n) is 5.81. The lowest BCUT2D eigenvalue weighted by Gasteiger charge is -2.42. The number of pyridine rings is 2. The zero-order chi connectivity index (χ0) is 29.1. The van der Waals surface area contributed by atoms with Gasteiger partial charge in [-0.3, -0.25) is 4.90 Å². The summed E-state index contributed by atoms with van der Waals surface area (Å²) < 4.78 is 13.0. The summed E-state index contributed by atoms with van der Waals surface area (Å²) in [6.07, 6.45) is 7.28. The van der Waals surface area contributed by atoms with Crippen LogP contribution in [0.3, 0.4) is 0 Å². The smallest absolute Gasteiger partial charge is 0.410 e. The molecule has 0 bridgehead atoms. The maximum absolute atomic E-state index is 12.5. The van der Waals surface area contributed by atoms with Crippen molar-refractivity contribution in [1.82, 2.24) is 24.4 Å². The molecule has 0 aromatic carbocycles. The Balaban J connectivity index is 1.18. The molecule has 10 heteroatoms. The number of nitriles is 1. The number of piperidine rings is 1. The number of hydrogen-bond acceptors (Lipinski definition) is 8. The Hall–Kier alpha value is -3.84. The largest absolute Gasteiger partial charge is 0.492 e. The number of carbonyl (C=O) groups is 1. The average Bonchev–Trinajstić information content (AvgIpc) is 3.37. The fraction of sp³-hybridized carbons (Fsp3) is 0.548. The van der Waals surface area contributed by atoms with Crippen molar-refractivity contribution in [2.24, 2.45) is 5.92 Å². The van der Waals surface area contributed by atoms with E-state index in [2.05, 4.69) is 40.0 Å². The van der Waals surface area contributed by atoms with E-state index in [-0.39, 0.29) is 6.09 Å². The molecule has 0 N–H and O–H groups in total. The molecule has 2 aliphatic rings. The SMILES string of the molecule is CCOc1cc(-c2ccc(N3CCC(CN4CCN(C(=O)OC(C)(C)C)CC4C)CC3)nc2)c2c(C#N)cnn2c1. The Morgan fingerprint density at radius 2 is 1.93 bits per heavy atom. The molecule has 0 spiro atoms. The topological polar surface area (TPSA) is 99.2 Å². The van der Waals surface area contributed by atoms with E-state index in [0.717, 1.165) is 61.5 Å². The van der Waals surface area contributed by atoms with Crippen molar-refractivity contribution in [2.45, 2.75) is 59.1 Å². The summed E-state index contributed by atoms with van der Waals surface area (Å²) in [6.45, 7) is 15.7. The van der Waals surface area contributed by atoms with Gasteiger partial charge < -0.3 is 19.3 Å². The van der Waals surface area contributed by atoms with Gasteiger partial charge in [-0.1, -0.05) is 0 Å². The summed E-state index contributed by atoms with van der Waals surface area (Å²) in [5.74, 6) is 2.30. The second-order valence-corrected chi connectivity index (χ2v) is 12.1. The Bertz CT molecular complexity index is 1400. The van der Waals surface area contributed by atoms with Crippen LogP contribution in [0.25, 0.3) is 16.6 Å². The van der Waals surface area contributed by atoms with Crippen LogP contribution in [-0.4, -0.2) is 88.0 Å². The number of fused-ring (bicyclic) bond motifs is 1. The Morgan fingerprint density at radius 3 is 2.56 bits per heavy atom. The van der Waals surface area contributed by atoms with Crippen molar-refractivity contribution in [2.75, 3.05) is 50.8 Å². The van der Waals surface area contributed by atoms with Crippen LogP contribution >= 0.6 is 0 Å². The zero-order valence-electron chi connectivity index (χ0n) is 24.8. The molecule has 2 aliphatic heterocycles. The molecule has 1 atom stereocenters. The van der Waals surface area contributed by atoms with Crippen molar-refractivity contribution < 1.29 is 14.3 Å².